The number of rotatable bonds is 16. The highest BCUT2D eigenvalue weighted by Gasteiger charge is 2.44. The smallest absolute Gasteiger partial charge is 0.328 e. The van der Waals surface area contributed by atoms with Crippen LogP contribution in [-0.2, 0) is 32.6 Å². The van der Waals surface area contributed by atoms with Crippen LogP contribution < -0.4 is 5.32 Å². The molecule has 0 bridgehead atoms. The number of carbonyl (C=O) groups excluding carboxylic acids is 3. The maximum atomic E-state index is 14.1. The van der Waals surface area contributed by atoms with Crippen molar-refractivity contribution in [3.05, 3.63) is 81.8 Å². The molecule has 1 saturated heterocycles. The van der Waals surface area contributed by atoms with Gasteiger partial charge in [0.05, 0.1) is 40.5 Å². The van der Waals surface area contributed by atoms with Crippen molar-refractivity contribution in [3.63, 3.8) is 0 Å². The van der Waals surface area contributed by atoms with E-state index in [1.165, 1.54) is 51.0 Å². The fraction of sp³-hybridized carbons (Fsp3) is 0.472. The largest absolute Gasteiger partial charge is 0.411 e. The zero-order valence-corrected chi connectivity index (χ0v) is 30.7. The van der Waals surface area contributed by atoms with Crippen molar-refractivity contribution in [2.24, 2.45) is 17.0 Å². The van der Waals surface area contributed by atoms with E-state index in [0.29, 0.717) is 11.3 Å². The molecule has 1 saturated carbocycles. The van der Waals surface area contributed by atoms with Crippen molar-refractivity contribution in [3.8, 4) is 0 Å². The lowest BCUT2D eigenvalue weighted by Crippen LogP contribution is -2.57. The fourth-order valence-corrected chi connectivity index (χ4v) is 8.97. The van der Waals surface area contributed by atoms with Crippen molar-refractivity contribution in [1.29, 1.82) is 0 Å². The Morgan fingerprint density at radius 1 is 1.12 bits per heavy atom. The van der Waals surface area contributed by atoms with Gasteiger partial charge in [0.1, 0.15) is 12.6 Å². The van der Waals surface area contributed by atoms with Crippen LogP contribution in [-0.4, -0.2) is 99.7 Å². The van der Waals surface area contributed by atoms with E-state index in [2.05, 4.69) is 15.5 Å². The number of hydrogen-bond acceptors (Lipinski definition) is 10. The number of nitrogens with zero attached hydrogens (tertiary/aromatic N) is 5. The number of hydrogen-bond donors (Lipinski definition) is 3. The third kappa shape index (κ3) is 9.39. The molecule has 1 aliphatic heterocycles. The highest BCUT2D eigenvalue weighted by molar-refractivity contribution is 7.89. The molecule has 1 aliphatic carbocycles. The topological polar surface area (TPSA) is 173 Å². The van der Waals surface area contributed by atoms with Gasteiger partial charge in [-0.15, -0.1) is 11.3 Å². The highest BCUT2D eigenvalue weighted by atomic mass is 32.2. The Morgan fingerprint density at radius 3 is 2.41 bits per heavy atom. The van der Waals surface area contributed by atoms with Crippen LogP contribution in [0.3, 0.4) is 0 Å². The first kappa shape index (κ1) is 38.1. The van der Waals surface area contributed by atoms with Crippen LogP contribution in [0.25, 0.3) is 0 Å². The number of aliphatic hydroxyl groups excluding tert-OH is 1. The number of carbonyl (C=O) groups is 3. The second-order valence-electron chi connectivity index (χ2n) is 13.6. The maximum absolute atomic E-state index is 14.1. The first-order valence-electron chi connectivity index (χ1n) is 17.2. The molecule has 274 valence electrons. The predicted molar refractivity (Wildman–Crippen MR) is 193 cm³/mol. The minimum Gasteiger partial charge on any atom is -0.411 e. The van der Waals surface area contributed by atoms with Crippen molar-refractivity contribution in [2.45, 2.75) is 82.5 Å². The van der Waals surface area contributed by atoms with Crippen LogP contribution in [0.1, 0.15) is 61.4 Å². The number of nitrogens with one attached hydrogen (secondary N) is 1. The van der Waals surface area contributed by atoms with Gasteiger partial charge in [-0.1, -0.05) is 74.3 Å². The second kappa shape index (κ2) is 16.9. The standard InChI is InChI=1S/C36H46N6O7S2/c1-24(2)34(42-22-33(44)41(36(42)46)20-29-23-50-25(3)38-29)35(45)39-31(17-26-9-5-4-6-10-26)32(43)21-40(19-28-11-7-8-12-28)51(48,49)30-15-13-27(14-16-30)18-37-47/h4-6,9-10,13-16,18,23-24,28,31-32,34,43,47H,7-8,11-12,17,19-22H2,1-3H3,(H,39,45)/t31-,32-,34-/m0/s1. The molecule has 51 heavy (non-hydrogen) atoms. The van der Waals surface area contributed by atoms with Crippen LogP contribution in [0.5, 0.6) is 0 Å². The third-order valence-corrected chi connectivity index (χ3v) is 12.1. The highest BCUT2D eigenvalue weighted by Crippen LogP contribution is 2.29. The van der Waals surface area contributed by atoms with Gasteiger partial charge in [0.25, 0.3) is 5.91 Å². The van der Waals surface area contributed by atoms with Gasteiger partial charge < -0.3 is 20.5 Å². The van der Waals surface area contributed by atoms with Gasteiger partial charge >= 0.3 is 6.03 Å². The first-order chi connectivity index (χ1) is 24.4. The SMILES string of the molecule is Cc1nc(CN2C(=O)CN([C@H](C(=O)N[C@@H](Cc3ccccc3)[C@@H](O)CN(CC3CCCC3)S(=O)(=O)c3ccc(C=NO)cc3)C(C)C)C2=O)cs1. The van der Waals surface area contributed by atoms with E-state index >= 15 is 0 Å². The molecule has 1 aromatic heterocycles. The fourth-order valence-electron chi connectivity index (χ4n) is 6.83. The number of aryl methyl sites for hydroxylation is 1. The zero-order valence-electron chi connectivity index (χ0n) is 29.1. The monoisotopic (exact) mass is 738 g/mol. The molecule has 2 aromatic carbocycles. The maximum Gasteiger partial charge on any atom is 0.328 e. The molecule has 15 heteroatoms. The molecule has 5 rings (SSSR count). The summed E-state index contributed by atoms with van der Waals surface area (Å²) in [5, 5.41) is 29.3. The van der Waals surface area contributed by atoms with E-state index in [-0.39, 0.29) is 43.4 Å². The van der Waals surface area contributed by atoms with Gasteiger partial charge in [0, 0.05) is 18.5 Å². The lowest BCUT2D eigenvalue weighted by molar-refractivity contribution is -0.129. The Kier molecular flexibility index (Phi) is 12.6. The molecule has 2 aliphatic rings. The summed E-state index contributed by atoms with van der Waals surface area (Å²) < 4.78 is 29.5. The van der Waals surface area contributed by atoms with Gasteiger partial charge in [0.15, 0.2) is 0 Å². The molecule has 3 aromatic rings. The Balaban J connectivity index is 1.39. The Bertz CT molecular complexity index is 1790. The number of imide groups is 1. The van der Waals surface area contributed by atoms with E-state index in [4.69, 9.17) is 5.21 Å². The number of thiazole rings is 1. The van der Waals surface area contributed by atoms with Crippen LogP contribution in [0.2, 0.25) is 0 Å². The summed E-state index contributed by atoms with van der Waals surface area (Å²) >= 11 is 1.42. The summed E-state index contributed by atoms with van der Waals surface area (Å²) in [7, 11) is -4.08. The minimum absolute atomic E-state index is 0.00331. The van der Waals surface area contributed by atoms with E-state index in [9.17, 15) is 27.9 Å². The summed E-state index contributed by atoms with van der Waals surface area (Å²) in [5.74, 6) is -1.26. The Hall–Kier alpha value is -4.18. The predicted octanol–water partition coefficient (Wildman–Crippen LogP) is 4.02. The number of oxime groups is 1. The van der Waals surface area contributed by atoms with Crippen LogP contribution in [0, 0.1) is 18.8 Å². The zero-order chi connectivity index (χ0) is 36.7. The summed E-state index contributed by atoms with van der Waals surface area (Å²) in [6.07, 6.45) is 3.79. The van der Waals surface area contributed by atoms with E-state index in [1.54, 1.807) is 19.2 Å². The summed E-state index contributed by atoms with van der Waals surface area (Å²) in [4.78, 5) is 47.5. The average molecular weight is 739 g/mol. The summed E-state index contributed by atoms with van der Waals surface area (Å²) in [6.45, 7) is 5.05. The normalized spacial score (nSPS) is 17.6. The number of aromatic nitrogens is 1. The second-order valence-corrected chi connectivity index (χ2v) is 16.6. The molecular weight excluding hydrogens is 693 g/mol. The van der Waals surface area contributed by atoms with Crippen molar-refractivity contribution >= 4 is 45.4 Å². The number of aliphatic hydroxyl groups is 1. The van der Waals surface area contributed by atoms with Gasteiger partial charge in [-0.3, -0.25) is 14.5 Å². The van der Waals surface area contributed by atoms with Gasteiger partial charge in [0.2, 0.25) is 15.9 Å². The van der Waals surface area contributed by atoms with Crippen molar-refractivity contribution < 1.29 is 33.1 Å². The molecule has 0 spiro atoms. The van der Waals surface area contributed by atoms with Crippen molar-refractivity contribution in [2.75, 3.05) is 19.6 Å². The molecule has 0 unspecified atom stereocenters. The van der Waals surface area contributed by atoms with E-state index in [1.807, 2.05) is 37.3 Å². The number of sulfonamides is 1. The van der Waals surface area contributed by atoms with Crippen LogP contribution in [0.4, 0.5) is 4.79 Å². The molecule has 2 heterocycles. The number of benzene rings is 2. The minimum atomic E-state index is -4.08. The average Bonchev–Trinajstić information content (AvgIpc) is 3.83. The van der Waals surface area contributed by atoms with Gasteiger partial charge in [-0.05, 0) is 61.3 Å². The number of urea groups is 1. The quantitative estimate of drug-likeness (QED) is 0.0856. The van der Waals surface area contributed by atoms with E-state index in [0.717, 1.165) is 41.2 Å². The molecular formula is C36H46N6O7S2. The Labute approximate surface area is 303 Å². The summed E-state index contributed by atoms with van der Waals surface area (Å²) in [5.41, 5.74) is 1.92. The molecule has 2 fully saturated rings. The third-order valence-electron chi connectivity index (χ3n) is 9.45. The van der Waals surface area contributed by atoms with Gasteiger partial charge in [-0.25, -0.2) is 18.2 Å². The number of amides is 4. The molecule has 13 nitrogen and oxygen atoms in total. The van der Waals surface area contributed by atoms with E-state index < -0.39 is 52.0 Å². The van der Waals surface area contributed by atoms with Gasteiger partial charge in [-0.2, -0.15) is 4.31 Å². The Morgan fingerprint density at radius 2 is 1.80 bits per heavy atom. The molecule has 4 amide bonds. The van der Waals surface area contributed by atoms with Crippen molar-refractivity contribution in [1.82, 2.24) is 24.4 Å². The first-order valence-corrected chi connectivity index (χ1v) is 19.5. The molecule has 0 radical (unpaired) electrons. The molecule has 3 atom stereocenters. The molecule has 3 N–H and O–H groups in total. The van der Waals surface area contributed by atoms with Crippen LogP contribution in [0.15, 0.2) is 70.0 Å². The lowest BCUT2D eigenvalue weighted by Gasteiger charge is -2.34. The summed E-state index contributed by atoms with van der Waals surface area (Å²) in [6, 6.07) is 12.6. The van der Waals surface area contributed by atoms with Crippen LogP contribution >= 0.6 is 11.3 Å². The lowest BCUT2D eigenvalue weighted by atomic mass is 9.97.